The van der Waals surface area contributed by atoms with Gasteiger partial charge in [-0.3, -0.25) is 0 Å². The number of likely N-dealkylation sites (tertiary alicyclic amines) is 1. The zero-order valence-corrected chi connectivity index (χ0v) is 12.8. The van der Waals surface area contributed by atoms with Gasteiger partial charge in [0.25, 0.3) is 0 Å². The summed E-state index contributed by atoms with van der Waals surface area (Å²) in [6, 6.07) is 1.28. The van der Waals surface area contributed by atoms with Crippen LogP contribution in [0.4, 0.5) is 18.0 Å². The summed E-state index contributed by atoms with van der Waals surface area (Å²) in [4.78, 5) is 13.4. The first-order chi connectivity index (χ1) is 10.1. The van der Waals surface area contributed by atoms with E-state index in [1.165, 1.54) is 18.7 Å². The van der Waals surface area contributed by atoms with Crippen LogP contribution >= 0.6 is 0 Å². The molecule has 2 amide bonds. The number of rotatable bonds is 3. The van der Waals surface area contributed by atoms with Crippen molar-refractivity contribution in [1.82, 2.24) is 15.4 Å². The molecular weight excluding hydrogens is 299 g/mol. The summed E-state index contributed by atoms with van der Waals surface area (Å²) in [6.07, 6.45) is -3.91. The SMILES string of the molecule is Cc1cc(CCNC(=O)N2CCC(C(F)(F)F)C2(C)C)on1. The van der Waals surface area contributed by atoms with Crippen LogP contribution in [0.1, 0.15) is 31.7 Å². The molecule has 0 aliphatic carbocycles. The van der Waals surface area contributed by atoms with Gasteiger partial charge in [-0.2, -0.15) is 13.2 Å². The van der Waals surface area contributed by atoms with Crippen LogP contribution in [-0.2, 0) is 6.42 Å². The van der Waals surface area contributed by atoms with Gasteiger partial charge in [-0.25, -0.2) is 4.79 Å². The first-order valence-corrected chi connectivity index (χ1v) is 7.16. The molecule has 124 valence electrons. The maximum absolute atomic E-state index is 13.0. The van der Waals surface area contributed by atoms with Crippen molar-refractivity contribution in [2.24, 2.45) is 5.92 Å². The summed E-state index contributed by atoms with van der Waals surface area (Å²) in [5.41, 5.74) is -0.499. The van der Waals surface area contributed by atoms with Gasteiger partial charge in [-0.15, -0.1) is 0 Å². The first kappa shape index (κ1) is 16.6. The third kappa shape index (κ3) is 3.36. The van der Waals surface area contributed by atoms with Crippen LogP contribution in [0.3, 0.4) is 0 Å². The van der Waals surface area contributed by atoms with Crippen molar-refractivity contribution in [3.63, 3.8) is 0 Å². The zero-order chi connectivity index (χ0) is 16.5. The van der Waals surface area contributed by atoms with E-state index < -0.39 is 23.7 Å². The first-order valence-electron chi connectivity index (χ1n) is 7.16. The molecule has 1 aliphatic rings. The minimum atomic E-state index is -4.30. The van der Waals surface area contributed by atoms with Crippen molar-refractivity contribution in [2.45, 2.75) is 45.3 Å². The van der Waals surface area contributed by atoms with Gasteiger partial charge in [0, 0.05) is 25.6 Å². The Morgan fingerprint density at radius 2 is 2.23 bits per heavy atom. The van der Waals surface area contributed by atoms with Crippen LogP contribution in [-0.4, -0.2) is 40.9 Å². The lowest BCUT2D eigenvalue weighted by molar-refractivity contribution is -0.189. The highest BCUT2D eigenvalue weighted by Gasteiger charge is 2.56. The number of nitrogens with zero attached hydrogens (tertiary/aromatic N) is 2. The fourth-order valence-corrected chi connectivity index (χ4v) is 2.94. The molecule has 2 rings (SSSR count). The molecule has 22 heavy (non-hydrogen) atoms. The second-order valence-electron chi connectivity index (χ2n) is 6.10. The second-order valence-corrected chi connectivity index (χ2v) is 6.10. The summed E-state index contributed by atoms with van der Waals surface area (Å²) in [5, 5.41) is 6.37. The highest BCUT2D eigenvalue weighted by atomic mass is 19.4. The van der Waals surface area contributed by atoms with E-state index in [2.05, 4.69) is 10.5 Å². The van der Waals surface area contributed by atoms with Crippen molar-refractivity contribution < 1.29 is 22.5 Å². The maximum Gasteiger partial charge on any atom is 0.394 e. The molecule has 2 heterocycles. The third-order valence-corrected chi connectivity index (χ3v) is 4.15. The average molecular weight is 319 g/mol. The molecule has 0 radical (unpaired) electrons. The Kier molecular flexibility index (Phi) is 4.39. The lowest BCUT2D eigenvalue weighted by Crippen LogP contribution is -2.53. The summed E-state index contributed by atoms with van der Waals surface area (Å²) in [6.45, 7) is 5.09. The molecule has 1 aliphatic heterocycles. The number of urea groups is 1. The Balaban J connectivity index is 1.90. The quantitative estimate of drug-likeness (QED) is 0.932. The zero-order valence-electron chi connectivity index (χ0n) is 12.8. The summed E-state index contributed by atoms with van der Waals surface area (Å²) in [7, 11) is 0. The molecule has 1 unspecified atom stereocenters. The Hall–Kier alpha value is -1.73. The molecule has 5 nitrogen and oxygen atoms in total. The molecule has 1 saturated heterocycles. The Bertz CT molecular complexity index is 540. The van der Waals surface area contributed by atoms with Gasteiger partial charge in [0.05, 0.1) is 17.2 Å². The Labute approximate surface area is 126 Å². The molecule has 1 fully saturated rings. The van der Waals surface area contributed by atoms with Gasteiger partial charge in [0.15, 0.2) is 0 Å². The molecule has 1 N–H and O–H groups in total. The summed E-state index contributed by atoms with van der Waals surface area (Å²) >= 11 is 0. The van der Waals surface area contributed by atoms with Gasteiger partial charge in [0.1, 0.15) is 5.76 Å². The van der Waals surface area contributed by atoms with E-state index in [-0.39, 0.29) is 19.5 Å². The number of aromatic nitrogens is 1. The van der Waals surface area contributed by atoms with E-state index in [1.54, 1.807) is 13.0 Å². The molecule has 1 atom stereocenters. The largest absolute Gasteiger partial charge is 0.394 e. The fraction of sp³-hybridized carbons (Fsp3) is 0.714. The fourth-order valence-electron chi connectivity index (χ4n) is 2.94. The second kappa shape index (κ2) is 5.81. The number of hydrogen-bond acceptors (Lipinski definition) is 3. The molecular formula is C14H20F3N3O2. The van der Waals surface area contributed by atoms with Crippen molar-refractivity contribution >= 4 is 6.03 Å². The minimum absolute atomic E-state index is 0.0643. The van der Waals surface area contributed by atoms with E-state index in [9.17, 15) is 18.0 Å². The molecule has 0 spiro atoms. The highest BCUT2D eigenvalue weighted by molar-refractivity contribution is 5.75. The molecule has 0 saturated carbocycles. The van der Waals surface area contributed by atoms with Gasteiger partial charge in [0.2, 0.25) is 0 Å². The molecule has 1 aromatic rings. The molecule has 1 aromatic heterocycles. The number of amides is 2. The van der Waals surface area contributed by atoms with Crippen molar-refractivity contribution in [3.05, 3.63) is 17.5 Å². The highest BCUT2D eigenvalue weighted by Crippen LogP contribution is 2.44. The molecule has 0 aromatic carbocycles. The topological polar surface area (TPSA) is 58.4 Å². The van der Waals surface area contributed by atoms with Gasteiger partial charge >= 0.3 is 12.2 Å². The maximum atomic E-state index is 13.0. The van der Waals surface area contributed by atoms with Crippen LogP contribution in [0.2, 0.25) is 0 Å². The number of carbonyl (C=O) groups excluding carboxylic acids is 1. The number of nitrogens with one attached hydrogen (secondary N) is 1. The van der Waals surface area contributed by atoms with E-state index in [4.69, 9.17) is 4.52 Å². The lowest BCUT2D eigenvalue weighted by Gasteiger charge is -2.36. The Morgan fingerprint density at radius 3 is 2.73 bits per heavy atom. The average Bonchev–Trinajstić information content (AvgIpc) is 2.91. The Morgan fingerprint density at radius 1 is 1.55 bits per heavy atom. The normalized spacial score (nSPS) is 21.2. The van der Waals surface area contributed by atoms with Crippen LogP contribution in [0.15, 0.2) is 10.6 Å². The van der Waals surface area contributed by atoms with Crippen LogP contribution in [0.25, 0.3) is 0 Å². The lowest BCUT2D eigenvalue weighted by atomic mass is 9.88. The van der Waals surface area contributed by atoms with Crippen molar-refractivity contribution in [2.75, 3.05) is 13.1 Å². The van der Waals surface area contributed by atoms with Crippen LogP contribution < -0.4 is 5.32 Å². The summed E-state index contributed by atoms with van der Waals surface area (Å²) in [5.74, 6) is -0.866. The summed E-state index contributed by atoms with van der Waals surface area (Å²) < 4.78 is 44.0. The van der Waals surface area contributed by atoms with E-state index in [0.29, 0.717) is 12.2 Å². The standard InChI is InChI=1S/C14H20F3N3O2/c1-9-8-10(22-19-9)4-6-18-12(21)20-7-5-11(13(20,2)3)14(15,16)17/h8,11H,4-7H2,1-3H3,(H,18,21). The minimum Gasteiger partial charge on any atom is -0.361 e. The number of aryl methyl sites for hydroxylation is 1. The van der Waals surface area contributed by atoms with Crippen LogP contribution in [0, 0.1) is 12.8 Å². The van der Waals surface area contributed by atoms with Crippen LogP contribution in [0.5, 0.6) is 0 Å². The number of alkyl halides is 3. The van der Waals surface area contributed by atoms with Gasteiger partial charge in [-0.1, -0.05) is 5.16 Å². The monoisotopic (exact) mass is 319 g/mol. The van der Waals surface area contributed by atoms with Gasteiger partial charge < -0.3 is 14.7 Å². The van der Waals surface area contributed by atoms with Crippen molar-refractivity contribution in [1.29, 1.82) is 0 Å². The van der Waals surface area contributed by atoms with Gasteiger partial charge in [-0.05, 0) is 27.2 Å². The number of hydrogen-bond donors (Lipinski definition) is 1. The van der Waals surface area contributed by atoms with E-state index >= 15 is 0 Å². The predicted octanol–water partition coefficient (Wildman–Crippen LogP) is 2.90. The van der Waals surface area contributed by atoms with E-state index in [1.807, 2.05) is 0 Å². The number of carbonyl (C=O) groups is 1. The molecule has 0 bridgehead atoms. The number of halogens is 3. The van der Waals surface area contributed by atoms with E-state index in [0.717, 1.165) is 5.69 Å². The molecule has 8 heteroatoms. The predicted molar refractivity (Wildman–Crippen MR) is 73.3 cm³/mol. The third-order valence-electron chi connectivity index (χ3n) is 4.15. The smallest absolute Gasteiger partial charge is 0.361 e. The van der Waals surface area contributed by atoms with Crippen molar-refractivity contribution in [3.8, 4) is 0 Å².